The van der Waals surface area contributed by atoms with E-state index in [2.05, 4.69) is 77.0 Å². The second kappa shape index (κ2) is 18.7. The van der Waals surface area contributed by atoms with Crippen LogP contribution in [-0.2, 0) is 0 Å². The monoisotopic (exact) mass is 450 g/mol. The van der Waals surface area contributed by atoms with E-state index in [-0.39, 0.29) is 0 Å². The molecule has 0 saturated heterocycles. The van der Waals surface area contributed by atoms with Crippen molar-refractivity contribution in [1.82, 2.24) is 10.6 Å². The third kappa shape index (κ3) is 19.0. The average molecular weight is 451 g/mol. The normalized spacial score (nSPS) is 13.0. The van der Waals surface area contributed by atoms with Crippen LogP contribution in [0.1, 0.15) is 86.5 Å². The largest absolute Gasteiger partial charge is 0.362 e. The number of thioether (sulfide) groups is 1. The molecule has 2 N–H and O–H groups in total. The lowest BCUT2D eigenvalue weighted by Crippen LogP contribution is -2.42. The molecule has 2 nitrogen and oxygen atoms in total. The van der Waals surface area contributed by atoms with Gasteiger partial charge in [-0.1, -0.05) is 60.4 Å². The summed E-state index contributed by atoms with van der Waals surface area (Å²) in [4.78, 5) is 0. The average Bonchev–Trinajstić information content (AvgIpc) is 2.65. The Kier molecular flexibility index (Phi) is 18.1. The van der Waals surface area contributed by atoms with Gasteiger partial charge in [0.2, 0.25) is 0 Å². The van der Waals surface area contributed by atoms with Crippen LogP contribution >= 0.6 is 24.0 Å². The molecule has 0 radical (unpaired) electrons. The molecule has 0 aromatic heterocycles. The molecular weight excluding hydrogens is 404 g/mol. The molecule has 0 saturated carbocycles. The fourth-order valence-corrected chi connectivity index (χ4v) is 4.21. The van der Waals surface area contributed by atoms with Crippen molar-refractivity contribution in [2.45, 2.75) is 92.5 Å². The summed E-state index contributed by atoms with van der Waals surface area (Å²) >= 11 is 7.35. The van der Waals surface area contributed by atoms with Crippen LogP contribution in [0.15, 0.2) is 47.1 Å². The van der Waals surface area contributed by atoms with Crippen molar-refractivity contribution in [2.24, 2.45) is 0 Å². The molecule has 1 atom stereocenters. The number of rotatable bonds is 16. The molecule has 1 unspecified atom stereocenters. The number of thiocarbonyl (C=S) groups is 1. The van der Waals surface area contributed by atoms with Gasteiger partial charge in [-0.2, -0.15) is 11.8 Å². The van der Waals surface area contributed by atoms with Gasteiger partial charge in [0.25, 0.3) is 0 Å². The highest BCUT2D eigenvalue weighted by molar-refractivity contribution is 7.99. The van der Waals surface area contributed by atoms with Crippen molar-refractivity contribution >= 4 is 29.1 Å². The van der Waals surface area contributed by atoms with Gasteiger partial charge in [-0.3, -0.25) is 0 Å². The van der Waals surface area contributed by atoms with Gasteiger partial charge in [0.15, 0.2) is 5.11 Å². The van der Waals surface area contributed by atoms with Gasteiger partial charge < -0.3 is 10.6 Å². The zero-order valence-electron chi connectivity index (χ0n) is 20.4. The first-order valence-electron chi connectivity index (χ1n) is 11.5. The summed E-state index contributed by atoms with van der Waals surface area (Å²) in [6.07, 6.45) is 15.0. The predicted octanol–water partition coefficient (Wildman–Crippen LogP) is 7.74. The van der Waals surface area contributed by atoms with E-state index in [1.807, 2.05) is 11.8 Å². The summed E-state index contributed by atoms with van der Waals surface area (Å²) in [6.45, 7) is 18.2. The summed E-state index contributed by atoms with van der Waals surface area (Å²) in [5.41, 5.74) is 5.71. The van der Waals surface area contributed by atoms with Crippen LogP contribution in [0.3, 0.4) is 0 Å². The van der Waals surface area contributed by atoms with Crippen LogP contribution in [0.2, 0.25) is 0 Å². The summed E-state index contributed by atoms with van der Waals surface area (Å²) < 4.78 is 0. The summed E-state index contributed by atoms with van der Waals surface area (Å²) in [6, 6.07) is 0.369. The molecule has 0 amide bonds. The van der Waals surface area contributed by atoms with Crippen molar-refractivity contribution in [3.05, 3.63) is 47.1 Å². The summed E-state index contributed by atoms with van der Waals surface area (Å²) in [5, 5.41) is 7.43. The van der Waals surface area contributed by atoms with E-state index in [9.17, 15) is 0 Å². The lowest BCUT2D eigenvalue weighted by molar-refractivity contribution is 0.713. The van der Waals surface area contributed by atoms with Gasteiger partial charge in [0, 0.05) is 24.1 Å². The van der Waals surface area contributed by atoms with Crippen LogP contribution < -0.4 is 10.6 Å². The lowest BCUT2D eigenvalue weighted by Gasteiger charge is -2.16. The minimum absolute atomic E-state index is 0.369. The molecule has 4 heteroatoms. The topological polar surface area (TPSA) is 24.1 Å². The molecular formula is C26H46N2S2. The van der Waals surface area contributed by atoms with E-state index in [0.29, 0.717) is 6.04 Å². The number of nitrogens with one attached hydrogen (secondary N) is 2. The smallest absolute Gasteiger partial charge is 0.166 e. The molecule has 0 rings (SSSR count). The Bertz CT molecular complexity index is 584. The van der Waals surface area contributed by atoms with Crippen LogP contribution in [0.5, 0.6) is 0 Å². The highest BCUT2D eigenvalue weighted by Gasteiger charge is 2.04. The molecule has 0 heterocycles. The van der Waals surface area contributed by atoms with E-state index in [1.54, 1.807) is 0 Å². The Labute approximate surface area is 197 Å². The Morgan fingerprint density at radius 2 is 1.60 bits per heavy atom. The van der Waals surface area contributed by atoms with Crippen LogP contribution in [0.25, 0.3) is 0 Å². The standard InChI is InChI=1S/C26H46N2S2/c1-8-11-22(4)16-18-27-26(29)28-25(7)20-30-19-17-24(6)15-10-14-23(5)13-9-12-21(2)3/h12,14,17,25H,4,8-11,13,15-16,18-20H2,1-3,5-7H3,(H2,27,28,29)/b23-14+,24-17+. The van der Waals surface area contributed by atoms with Crippen LogP contribution in [-0.4, -0.2) is 29.2 Å². The van der Waals surface area contributed by atoms with Gasteiger partial charge >= 0.3 is 0 Å². The Balaban J connectivity index is 3.89. The Morgan fingerprint density at radius 3 is 2.23 bits per heavy atom. The zero-order chi connectivity index (χ0) is 22.8. The van der Waals surface area contributed by atoms with Gasteiger partial charge in [0.1, 0.15) is 0 Å². The number of allylic oxidation sites excluding steroid dienone is 5. The summed E-state index contributed by atoms with van der Waals surface area (Å²) in [5.74, 6) is 2.12. The molecule has 172 valence electrons. The molecule has 0 fully saturated rings. The van der Waals surface area contributed by atoms with Crippen molar-refractivity contribution in [1.29, 1.82) is 0 Å². The van der Waals surface area contributed by atoms with E-state index in [0.717, 1.165) is 61.7 Å². The Hall–Kier alpha value is -1.00. The van der Waals surface area contributed by atoms with Gasteiger partial charge in [0.05, 0.1) is 0 Å². The second-order valence-corrected chi connectivity index (χ2v) is 10.0. The van der Waals surface area contributed by atoms with Crippen molar-refractivity contribution in [3.63, 3.8) is 0 Å². The highest BCUT2D eigenvalue weighted by Crippen LogP contribution is 2.13. The molecule has 0 aliphatic heterocycles. The predicted molar refractivity (Wildman–Crippen MR) is 145 cm³/mol. The third-order valence-electron chi connectivity index (χ3n) is 4.79. The number of hydrogen-bond donors (Lipinski definition) is 2. The fourth-order valence-electron chi connectivity index (χ4n) is 2.93. The maximum absolute atomic E-state index is 5.39. The zero-order valence-corrected chi connectivity index (χ0v) is 22.0. The molecule has 30 heavy (non-hydrogen) atoms. The first-order valence-corrected chi connectivity index (χ1v) is 13.0. The van der Waals surface area contributed by atoms with Crippen molar-refractivity contribution in [3.8, 4) is 0 Å². The molecule has 0 aliphatic rings. The van der Waals surface area contributed by atoms with Gasteiger partial charge in [-0.25, -0.2) is 0 Å². The summed E-state index contributed by atoms with van der Waals surface area (Å²) in [7, 11) is 0. The minimum Gasteiger partial charge on any atom is -0.362 e. The van der Waals surface area contributed by atoms with Crippen LogP contribution in [0, 0.1) is 0 Å². The molecule has 0 spiro atoms. The maximum Gasteiger partial charge on any atom is 0.166 e. The van der Waals surface area contributed by atoms with E-state index < -0.39 is 0 Å². The van der Waals surface area contributed by atoms with E-state index in [1.165, 1.54) is 28.7 Å². The Morgan fingerprint density at radius 1 is 0.967 bits per heavy atom. The molecule has 0 aromatic carbocycles. The number of hydrogen-bond acceptors (Lipinski definition) is 2. The van der Waals surface area contributed by atoms with Crippen LogP contribution in [0.4, 0.5) is 0 Å². The first kappa shape index (κ1) is 29.0. The molecule has 0 aromatic rings. The quantitative estimate of drug-likeness (QED) is 0.143. The first-order chi connectivity index (χ1) is 14.2. The fraction of sp³-hybridized carbons (Fsp3) is 0.654. The molecule has 0 aliphatic carbocycles. The van der Waals surface area contributed by atoms with Crippen molar-refractivity contribution in [2.75, 3.05) is 18.1 Å². The third-order valence-corrected chi connectivity index (χ3v) is 6.19. The maximum atomic E-state index is 5.39. The van der Waals surface area contributed by atoms with E-state index >= 15 is 0 Å². The SMILES string of the molecule is C=C(CCC)CCNC(=S)NC(C)CSC/C=C(\C)CC/C=C(\C)CCC=C(C)C. The van der Waals surface area contributed by atoms with Gasteiger partial charge in [-0.05, 0) is 85.4 Å². The van der Waals surface area contributed by atoms with Gasteiger partial charge in [-0.15, -0.1) is 0 Å². The van der Waals surface area contributed by atoms with E-state index in [4.69, 9.17) is 12.2 Å². The highest BCUT2D eigenvalue weighted by atomic mass is 32.2. The second-order valence-electron chi connectivity index (χ2n) is 8.55. The minimum atomic E-state index is 0.369. The lowest BCUT2D eigenvalue weighted by atomic mass is 10.1. The molecule has 0 bridgehead atoms. The van der Waals surface area contributed by atoms with Crippen molar-refractivity contribution < 1.29 is 0 Å².